The Morgan fingerprint density at radius 3 is 2.16 bits per heavy atom. The zero-order valence-corrected chi connectivity index (χ0v) is 19.8. The van der Waals surface area contributed by atoms with Crippen LogP contribution in [-0.4, -0.2) is 40.3 Å². The van der Waals surface area contributed by atoms with Crippen LogP contribution in [-0.2, 0) is 9.53 Å². The first-order valence-electron chi connectivity index (χ1n) is 11.7. The second kappa shape index (κ2) is 10.3. The van der Waals surface area contributed by atoms with Gasteiger partial charge in [-0.1, -0.05) is 54.6 Å². The lowest BCUT2D eigenvalue weighted by Crippen LogP contribution is -2.30. The first kappa shape index (κ1) is 23.7. The largest absolute Gasteiger partial charge is 0.480 e. The van der Waals surface area contributed by atoms with Crippen LogP contribution in [0.5, 0.6) is 0 Å². The van der Waals surface area contributed by atoms with Crippen molar-refractivity contribution in [2.45, 2.75) is 5.92 Å². The van der Waals surface area contributed by atoms with Crippen molar-refractivity contribution in [3.05, 3.63) is 102 Å². The molecule has 0 saturated carbocycles. The molecule has 0 saturated heterocycles. The van der Waals surface area contributed by atoms with Crippen molar-refractivity contribution in [1.82, 2.24) is 15.3 Å². The standard InChI is InChI=1S/C17H15NO4.C12H9N3/c19-16(20)9-18-17(21)22-10-15-13-7-3-1-5-11(13)12-6-2-4-8-14(12)15;13-10-7-8-3-1-5-14-11(8)12-9(10)4-2-6-15-12/h1-8,15H,9-10H2,(H,18,21)(H,19,20);1-7H,13H2. The van der Waals surface area contributed by atoms with E-state index in [2.05, 4.69) is 27.4 Å². The first-order valence-corrected chi connectivity index (χ1v) is 11.7. The third-order valence-corrected chi connectivity index (χ3v) is 6.22. The molecule has 0 fully saturated rings. The van der Waals surface area contributed by atoms with Crippen molar-refractivity contribution >= 4 is 39.6 Å². The Kier molecular flexibility index (Phi) is 6.63. The maximum absolute atomic E-state index is 11.5. The van der Waals surface area contributed by atoms with Gasteiger partial charge in [0.2, 0.25) is 0 Å². The van der Waals surface area contributed by atoms with Crippen LogP contribution in [0.3, 0.4) is 0 Å². The number of aromatic nitrogens is 2. The molecule has 1 amide bonds. The number of nitrogens with one attached hydrogen (secondary N) is 1. The Morgan fingerprint density at radius 1 is 0.865 bits per heavy atom. The number of ether oxygens (including phenoxy) is 1. The monoisotopic (exact) mass is 492 g/mol. The minimum Gasteiger partial charge on any atom is -0.480 e. The van der Waals surface area contributed by atoms with E-state index in [1.54, 1.807) is 12.4 Å². The highest BCUT2D eigenvalue weighted by Gasteiger charge is 2.28. The van der Waals surface area contributed by atoms with E-state index in [0.717, 1.165) is 49.7 Å². The summed E-state index contributed by atoms with van der Waals surface area (Å²) in [5.41, 5.74) is 13.0. The van der Waals surface area contributed by atoms with Gasteiger partial charge in [-0.15, -0.1) is 0 Å². The average Bonchev–Trinajstić information content (AvgIpc) is 3.25. The van der Waals surface area contributed by atoms with Crippen molar-refractivity contribution < 1.29 is 19.4 Å². The Balaban J connectivity index is 0.000000162. The summed E-state index contributed by atoms with van der Waals surface area (Å²) in [6.07, 6.45) is 2.81. The maximum Gasteiger partial charge on any atom is 0.407 e. The number of pyridine rings is 2. The van der Waals surface area contributed by atoms with Crippen molar-refractivity contribution in [3.63, 3.8) is 0 Å². The number of nitrogens with zero attached hydrogens (tertiary/aromatic N) is 2. The Bertz CT molecular complexity index is 1570. The molecule has 1 aliphatic carbocycles. The van der Waals surface area contributed by atoms with Gasteiger partial charge >= 0.3 is 12.1 Å². The van der Waals surface area contributed by atoms with E-state index in [0.29, 0.717) is 0 Å². The van der Waals surface area contributed by atoms with E-state index < -0.39 is 18.6 Å². The molecule has 2 heterocycles. The summed E-state index contributed by atoms with van der Waals surface area (Å²) in [5, 5.41) is 12.7. The minimum atomic E-state index is -1.10. The van der Waals surface area contributed by atoms with Crippen LogP contribution in [0.25, 0.3) is 32.9 Å². The van der Waals surface area contributed by atoms with E-state index in [-0.39, 0.29) is 12.5 Å². The van der Waals surface area contributed by atoms with E-state index in [1.165, 1.54) is 0 Å². The molecule has 0 aliphatic heterocycles. The normalized spacial score (nSPS) is 11.8. The van der Waals surface area contributed by atoms with Gasteiger partial charge in [0, 0.05) is 34.8 Å². The molecule has 8 nitrogen and oxygen atoms in total. The van der Waals surface area contributed by atoms with E-state index in [9.17, 15) is 9.59 Å². The highest BCUT2D eigenvalue weighted by atomic mass is 16.5. The lowest BCUT2D eigenvalue weighted by molar-refractivity contribution is -0.135. The number of carboxylic acid groups (broad SMARTS) is 1. The van der Waals surface area contributed by atoms with Crippen LogP contribution < -0.4 is 11.1 Å². The third-order valence-electron chi connectivity index (χ3n) is 6.22. The lowest BCUT2D eigenvalue weighted by atomic mass is 9.98. The quantitative estimate of drug-likeness (QED) is 0.239. The number of nitrogen functional groups attached to an aromatic ring is 1. The van der Waals surface area contributed by atoms with Crippen LogP contribution in [0, 0.1) is 0 Å². The number of fused-ring (bicyclic) bond motifs is 6. The second-order valence-electron chi connectivity index (χ2n) is 8.51. The van der Waals surface area contributed by atoms with Crippen LogP contribution >= 0.6 is 0 Å². The highest BCUT2D eigenvalue weighted by Crippen LogP contribution is 2.44. The molecule has 0 spiro atoms. The van der Waals surface area contributed by atoms with Gasteiger partial charge in [0.1, 0.15) is 13.2 Å². The van der Waals surface area contributed by atoms with Crippen molar-refractivity contribution in [2.75, 3.05) is 18.9 Å². The van der Waals surface area contributed by atoms with Gasteiger partial charge in [-0.25, -0.2) is 4.79 Å². The van der Waals surface area contributed by atoms with E-state index in [4.69, 9.17) is 15.6 Å². The third kappa shape index (κ3) is 4.90. The molecule has 0 atom stereocenters. The summed E-state index contributed by atoms with van der Waals surface area (Å²) in [6, 6.07) is 25.7. The number of rotatable bonds is 4. The number of nitrogens with two attached hydrogens (primary N) is 1. The smallest absolute Gasteiger partial charge is 0.407 e. The highest BCUT2D eigenvalue weighted by molar-refractivity contribution is 6.08. The predicted molar refractivity (Wildman–Crippen MR) is 142 cm³/mol. The topological polar surface area (TPSA) is 127 Å². The number of aliphatic carboxylic acids is 1. The molecule has 8 heteroatoms. The van der Waals surface area contributed by atoms with Crippen molar-refractivity contribution in [3.8, 4) is 11.1 Å². The molecule has 0 bridgehead atoms. The van der Waals surface area contributed by atoms with E-state index in [1.807, 2.05) is 66.7 Å². The molecule has 0 radical (unpaired) electrons. The summed E-state index contributed by atoms with van der Waals surface area (Å²) in [5.74, 6) is -1.13. The molecule has 0 unspecified atom stereocenters. The van der Waals surface area contributed by atoms with Crippen LogP contribution in [0.4, 0.5) is 10.5 Å². The number of anilines is 1. The predicted octanol–water partition coefficient (Wildman–Crippen LogP) is 4.97. The maximum atomic E-state index is 11.5. The number of amides is 1. The van der Waals surface area contributed by atoms with Crippen LogP contribution in [0.15, 0.2) is 91.3 Å². The number of benzene rings is 3. The van der Waals surface area contributed by atoms with Crippen LogP contribution in [0.2, 0.25) is 0 Å². The fourth-order valence-electron chi connectivity index (χ4n) is 4.60. The summed E-state index contributed by atoms with van der Waals surface area (Å²) in [6.45, 7) is -0.268. The molecule has 6 rings (SSSR count). The molecule has 37 heavy (non-hydrogen) atoms. The molecular formula is C29H24N4O4. The summed E-state index contributed by atoms with van der Waals surface area (Å²) in [7, 11) is 0. The van der Waals surface area contributed by atoms with Gasteiger partial charge in [0.05, 0.1) is 11.0 Å². The molecular weight excluding hydrogens is 468 g/mol. The molecule has 3 aromatic carbocycles. The van der Waals surface area contributed by atoms with Gasteiger partial charge in [0.25, 0.3) is 0 Å². The average molecular weight is 493 g/mol. The van der Waals surface area contributed by atoms with E-state index >= 15 is 0 Å². The zero-order chi connectivity index (χ0) is 25.8. The fraction of sp³-hybridized carbons (Fsp3) is 0.103. The number of hydrogen-bond acceptors (Lipinski definition) is 6. The van der Waals surface area contributed by atoms with Crippen LogP contribution in [0.1, 0.15) is 17.0 Å². The Labute approximate surface area is 212 Å². The summed E-state index contributed by atoms with van der Waals surface area (Å²) < 4.78 is 5.18. The van der Waals surface area contributed by atoms with Gasteiger partial charge < -0.3 is 20.9 Å². The SMILES string of the molecule is Nc1cc2cccnc2c2ncccc12.O=C(O)CNC(=O)OCC1c2ccccc2-c2ccccc21. The Morgan fingerprint density at radius 2 is 1.49 bits per heavy atom. The molecule has 5 aromatic rings. The van der Waals surface area contributed by atoms with Gasteiger partial charge in [-0.05, 0) is 46.5 Å². The number of hydrogen-bond donors (Lipinski definition) is 3. The zero-order valence-electron chi connectivity index (χ0n) is 19.8. The number of carbonyl (C=O) groups excluding carboxylic acids is 1. The number of alkyl carbamates (subject to hydrolysis) is 1. The molecule has 1 aliphatic rings. The van der Waals surface area contributed by atoms with Gasteiger partial charge in [-0.2, -0.15) is 0 Å². The lowest BCUT2D eigenvalue weighted by Gasteiger charge is -2.14. The second-order valence-corrected chi connectivity index (χ2v) is 8.51. The summed E-state index contributed by atoms with van der Waals surface area (Å²) >= 11 is 0. The molecule has 184 valence electrons. The molecule has 2 aromatic heterocycles. The minimum absolute atomic E-state index is 0.0250. The Hall–Kier alpha value is -4.98. The van der Waals surface area contributed by atoms with Gasteiger partial charge in [-0.3, -0.25) is 14.8 Å². The van der Waals surface area contributed by atoms with Crippen molar-refractivity contribution in [2.24, 2.45) is 0 Å². The first-order chi connectivity index (χ1) is 18.0. The number of carbonyl (C=O) groups is 2. The number of carboxylic acids is 1. The van der Waals surface area contributed by atoms with Crippen molar-refractivity contribution in [1.29, 1.82) is 0 Å². The molecule has 4 N–H and O–H groups in total. The fourth-order valence-corrected chi connectivity index (χ4v) is 4.60. The summed E-state index contributed by atoms with van der Waals surface area (Å²) in [4.78, 5) is 30.6. The van der Waals surface area contributed by atoms with Gasteiger partial charge in [0.15, 0.2) is 0 Å².